The molecule has 1 unspecified atom stereocenters. The summed E-state index contributed by atoms with van der Waals surface area (Å²) in [6.07, 6.45) is 8.40. The van der Waals surface area contributed by atoms with E-state index >= 15 is 0 Å². The minimum absolute atomic E-state index is 0.00810. The van der Waals surface area contributed by atoms with Gasteiger partial charge in [-0.25, -0.2) is 0 Å². The van der Waals surface area contributed by atoms with Crippen molar-refractivity contribution in [3.8, 4) is 0 Å². The highest BCUT2D eigenvalue weighted by Crippen LogP contribution is 2.21. The molecule has 3 rings (SSSR count). The summed E-state index contributed by atoms with van der Waals surface area (Å²) in [5, 5.41) is 0.518. The molecular weight excluding hydrogens is 314 g/mol. The molecule has 1 amide bonds. The number of carbonyl (C=O) groups excluding carboxylic acids is 2. The first-order valence-corrected chi connectivity index (χ1v) is 8.03. The van der Waals surface area contributed by atoms with Gasteiger partial charge in [-0.15, -0.1) is 0 Å². The summed E-state index contributed by atoms with van der Waals surface area (Å²) in [6.45, 7) is 2.89. The smallest absolute Gasteiger partial charge is 0.223 e. The van der Waals surface area contributed by atoms with Gasteiger partial charge < -0.3 is 9.80 Å². The van der Waals surface area contributed by atoms with E-state index in [9.17, 15) is 9.59 Å². The average molecular weight is 332 g/mol. The van der Waals surface area contributed by atoms with Crippen LogP contribution in [0.4, 0.5) is 5.69 Å². The Morgan fingerprint density at radius 3 is 2.57 bits per heavy atom. The molecule has 0 bridgehead atoms. The Kier molecular flexibility index (Phi) is 4.76. The van der Waals surface area contributed by atoms with Crippen LogP contribution in [0.25, 0.3) is 0 Å². The average Bonchev–Trinajstić information content (AvgIpc) is 2.59. The highest BCUT2D eigenvalue weighted by molar-refractivity contribution is 6.32. The maximum absolute atomic E-state index is 12.4. The van der Waals surface area contributed by atoms with Crippen LogP contribution in [-0.4, -0.2) is 47.8 Å². The molecule has 0 radical (unpaired) electrons. The topological polar surface area (TPSA) is 53.5 Å². The Morgan fingerprint density at radius 2 is 1.87 bits per heavy atom. The lowest BCUT2D eigenvalue weighted by Gasteiger charge is -2.36. The molecule has 1 aliphatic carbocycles. The summed E-state index contributed by atoms with van der Waals surface area (Å²) in [4.78, 5) is 32.3. The summed E-state index contributed by atoms with van der Waals surface area (Å²) in [5.74, 6) is -0.481. The number of aromatic nitrogens is 1. The van der Waals surface area contributed by atoms with E-state index in [1.807, 2.05) is 17.0 Å². The largest absolute Gasteiger partial charge is 0.368 e. The Labute approximate surface area is 140 Å². The molecule has 1 atom stereocenters. The second-order valence-corrected chi connectivity index (χ2v) is 6.11. The fraction of sp³-hybridized carbons (Fsp3) is 0.353. The Morgan fingerprint density at radius 1 is 1.17 bits per heavy atom. The van der Waals surface area contributed by atoms with Crippen molar-refractivity contribution in [1.82, 2.24) is 9.88 Å². The number of rotatable bonds is 3. The van der Waals surface area contributed by atoms with Crippen molar-refractivity contribution in [2.24, 2.45) is 5.92 Å². The third-order valence-corrected chi connectivity index (χ3v) is 4.44. The Balaban J connectivity index is 1.54. The van der Waals surface area contributed by atoms with Gasteiger partial charge in [-0.2, -0.15) is 0 Å². The maximum Gasteiger partial charge on any atom is 0.223 e. The number of hydrogen-bond donors (Lipinski definition) is 0. The lowest BCUT2D eigenvalue weighted by atomic mass is 9.95. The monoisotopic (exact) mass is 331 g/mol. The van der Waals surface area contributed by atoms with Gasteiger partial charge in [0.15, 0.2) is 5.78 Å². The summed E-state index contributed by atoms with van der Waals surface area (Å²) >= 11 is 5.92. The van der Waals surface area contributed by atoms with Crippen molar-refractivity contribution in [3.05, 3.63) is 47.8 Å². The van der Waals surface area contributed by atoms with Gasteiger partial charge in [0.2, 0.25) is 5.91 Å². The minimum Gasteiger partial charge on any atom is -0.368 e. The predicted molar refractivity (Wildman–Crippen MR) is 89.2 cm³/mol. The number of halogens is 1. The maximum atomic E-state index is 12.4. The predicted octanol–water partition coefficient (Wildman–Crippen LogP) is 2.00. The first kappa shape index (κ1) is 15.7. The van der Waals surface area contributed by atoms with E-state index in [1.165, 1.54) is 6.08 Å². The van der Waals surface area contributed by atoms with Gasteiger partial charge in [0.1, 0.15) is 0 Å². The van der Waals surface area contributed by atoms with Crippen molar-refractivity contribution in [3.63, 3.8) is 0 Å². The van der Waals surface area contributed by atoms with Crippen LogP contribution in [0, 0.1) is 5.92 Å². The molecule has 0 spiro atoms. The van der Waals surface area contributed by atoms with Gasteiger partial charge in [0.25, 0.3) is 0 Å². The standard InChI is InChI=1S/C17H18ClN3O2/c18-14-1-2-16(22)13(11-14)12-17(23)21-9-7-20(8-10-21)15-3-5-19-6-4-15/h1-6,11,13H,7-10,12H2. The summed E-state index contributed by atoms with van der Waals surface area (Å²) in [6, 6.07) is 3.94. The molecule has 2 heterocycles. The van der Waals surface area contributed by atoms with Gasteiger partial charge in [0.05, 0.1) is 5.92 Å². The van der Waals surface area contributed by atoms with Crippen LogP contribution in [0.2, 0.25) is 0 Å². The molecule has 0 saturated carbocycles. The van der Waals surface area contributed by atoms with E-state index in [1.54, 1.807) is 24.5 Å². The number of ketones is 1. The quantitative estimate of drug-likeness (QED) is 0.850. The molecule has 5 nitrogen and oxygen atoms in total. The van der Waals surface area contributed by atoms with E-state index in [4.69, 9.17) is 11.6 Å². The molecule has 1 aromatic heterocycles. The molecule has 1 aromatic rings. The van der Waals surface area contributed by atoms with Crippen LogP contribution in [0.3, 0.4) is 0 Å². The van der Waals surface area contributed by atoms with Gasteiger partial charge in [-0.05, 0) is 24.3 Å². The fourth-order valence-corrected chi connectivity index (χ4v) is 3.08. The van der Waals surface area contributed by atoms with Crippen LogP contribution >= 0.6 is 11.6 Å². The summed E-state index contributed by atoms with van der Waals surface area (Å²) in [5.41, 5.74) is 1.12. The van der Waals surface area contributed by atoms with Crippen molar-refractivity contribution >= 4 is 29.0 Å². The molecule has 6 heteroatoms. The molecule has 1 saturated heterocycles. The number of piperazine rings is 1. The van der Waals surface area contributed by atoms with Crippen LogP contribution in [0.15, 0.2) is 47.8 Å². The fourth-order valence-electron chi connectivity index (χ4n) is 2.86. The number of amides is 1. The molecule has 120 valence electrons. The van der Waals surface area contributed by atoms with Crippen LogP contribution < -0.4 is 4.90 Å². The van der Waals surface area contributed by atoms with E-state index in [0.29, 0.717) is 18.1 Å². The van der Waals surface area contributed by atoms with E-state index in [0.717, 1.165) is 18.8 Å². The van der Waals surface area contributed by atoms with Crippen molar-refractivity contribution in [2.45, 2.75) is 6.42 Å². The van der Waals surface area contributed by atoms with E-state index in [2.05, 4.69) is 9.88 Å². The lowest BCUT2D eigenvalue weighted by Crippen LogP contribution is -2.49. The van der Waals surface area contributed by atoms with Crippen LogP contribution in [-0.2, 0) is 9.59 Å². The zero-order valence-corrected chi connectivity index (χ0v) is 13.4. The third-order valence-electron chi connectivity index (χ3n) is 4.19. The molecule has 1 fully saturated rings. The zero-order valence-electron chi connectivity index (χ0n) is 12.7. The van der Waals surface area contributed by atoms with Crippen LogP contribution in [0.1, 0.15) is 6.42 Å². The van der Waals surface area contributed by atoms with E-state index in [-0.39, 0.29) is 18.1 Å². The zero-order chi connectivity index (χ0) is 16.2. The molecule has 1 aliphatic heterocycles. The van der Waals surface area contributed by atoms with Crippen LogP contribution in [0.5, 0.6) is 0 Å². The molecule has 0 aromatic carbocycles. The Hall–Kier alpha value is -2.14. The third kappa shape index (κ3) is 3.79. The number of hydrogen-bond acceptors (Lipinski definition) is 4. The first-order valence-electron chi connectivity index (χ1n) is 7.65. The number of carbonyl (C=O) groups is 2. The highest BCUT2D eigenvalue weighted by Gasteiger charge is 2.26. The number of anilines is 1. The van der Waals surface area contributed by atoms with Gasteiger partial charge in [-0.3, -0.25) is 14.6 Å². The molecule has 2 aliphatic rings. The SMILES string of the molecule is O=C1C=CC(Cl)=CC1CC(=O)N1CCN(c2ccncc2)CC1. The normalized spacial score (nSPS) is 21.3. The van der Waals surface area contributed by atoms with Gasteiger partial charge in [0, 0.05) is 55.7 Å². The van der Waals surface area contributed by atoms with E-state index < -0.39 is 5.92 Å². The Bertz CT molecular complexity index is 649. The summed E-state index contributed by atoms with van der Waals surface area (Å²) < 4.78 is 0. The van der Waals surface area contributed by atoms with Gasteiger partial charge in [-0.1, -0.05) is 17.7 Å². The molecule has 23 heavy (non-hydrogen) atoms. The highest BCUT2D eigenvalue weighted by atomic mass is 35.5. The second kappa shape index (κ2) is 6.96. The number of allylic oxidation sites excluding steroid dienone is 4. The van der Waals surface area contributed by atoms with Crippen molar-refractivity contribution in [1.29, 1.82) is 0 Å². The first-order chi connectivity index (χ1) is 11.1. The number of pyridine rings is 1. The van der Waals surface area contributed by atoms with Crippen molar-refractivity contribution in [2.75, 3.05) is 31.1 Å². The minimum atomic E-state index is -0.432. The lowest BCUT2D eigenvalue weighted by molar-refractivity contribution is -0.134. The molecular formula is C17H18ClN3O2. The van der Waals surface area contributed by atoms with Gasteiger partial charge >= 0.3 is 0 Å². The second-order valence-electron chi connectivity index (χ2n) is 5.67. The van der Waals surface area contributed by atoms with Crippen molar-refractivity contribution < 1.29 is 9.59 Å². The number of nitrogens with zero attached hydrogens (tertiary/aromatic N) is 3. The summed E-state index contributed by atoms with van der Waals surface area (Å²) in [7, 11) is 0. The molecule has 0 N–H and O–H groups in total.